The molecular weight excluding hydrogens is 566 g/mol. The first-order valence-electron chi connectivity index (χ1n) is 11.9. The standard InChI is InChI=1S/C10H12Cl2O.C10H10Cl2O.2C4H6N2/c2*1-7(4-5-13)8-2-3-9(11)10(12)6-8;2*1-6-3-2-5-4-6/h2-3,6-7,13H,4-5H2,1H3;2-3,5-7H,4H2,1H3;2*2-4H,1H3. The molecule has 38 heavy (non-hydrogen) atoms. The molecule has 4 aromatic rings. The Kier molecular flexibility index (Phi) is 16.7. The van der Waals surface area contributed by atoms with Crippen molar-refractivity contribution < 1.29 is 9.90 Å². The van der Waals surface area contributed by atoms with Crippen molar-refractivity contribution in [3.8, 4) is 0 Å². The van der Waals surface area contributed by atoms with Crippen LogP contribution in [0, 0.1) is 0 Å². The van der Waals surface area contributed by atoms with E-state index in [2.05, 4.69) is 16.9 Å². The zero-order valence-corrected chi connectivity index (χ0v) is 25.0. The van der Waals surface area contributed by atoms with Crippen LogP contribution in [0.5, 0.6) is 0 Å². The number of carbonyl (C=O) groups excluding carboxylic acids is 1. The summed E-state index contributed by atoms with van der Waals surface area (Å²) in [6, 6.07) is 11.0. The van der Waals surface area contributed by atoms with Gasteiger partial charge in [-0.05, 0) is 53.6 Å². The number of aryl methyl sites for hydroxylation is 2. The third-order valence-electron chi connectivity index (χ3n) is 5.31. The van der Waals surface area contributed by atoms with Crippen LogP contribution in [0.3, 0.4) is 0 Å². The van der Waals surface area contributed by atoms with Crippen LogP contribution in [-0.2, 0) is 18.9 Å². The second-order valence-electron chi connectivity index (χ2n) is 8.52. The molecule has 2 unspecified atom stereocenters. The van der Waals surface area contributed by atoms with Gasteiger partial charge in [-0.3, -0.25) is 0 Å². The van der Waals surface area contributed by atoms with Gasteiger partial charge in [0, 0.05) is 51.9 Å². The SMILES string of the molecule is CC(CC=O)c1ccc(Cl)c(Cl)c1.CC(CCO)c1ccc(Cl)c(Cl)c1.Cn1ccnc1.Cn1ccnc1. The molecule has 4 rings (SSSR count). The molecule has 2 atom stereocenters. The van der Waals surface area contributed by atoms with Crippen molar-refractivity contribution in [2.24, 2.45) is 14.1 Å². The normalized spacial score (nSPS) is 11.5. The predicted molar refractivity (Wildman–Crippen MR) is 159 cm³/mol. The minimum atomic E-state index is 0.196. The Balaban J connectivity index is 0.000000269. The third-order valence-corrected chi connectivity index (χ3v) is 6.79. The van der Waals surface area contributed by atoms with Gasteiger partial charge in [-0.1, -0.05) is 72.4 Å². The monoisotopic (exact) mass is 598 g/mol. The first-order chi connectivity index (χ1) is 18.1. The molecule has 0 saturated heterocycles. The van der Waals surface area contributed by atoms with E-state index < -0.39 is 0 Å². The Hall–Kier alpha value is -2.35. The van der Waals surface area contributed by atoms with Crippen LogP contribution < -0.4 is 0 Å². The molecule has 0 aliphatic rings. The van der Waals surface area contributed by atoms with E-state index in [4.69, 9.17) is 51.5 Å². The number of benzene rings is 2. The number of aromatic nitrogens is 4. The Morgan fingerprint density at radius 1 is 0.789 bits per heavy atom. The summed E-state index contributed by atoms with van der Waals surface area (Å²) in [4.78, 5) is 17.9. The Labute approximate surface area is 245 Å². The van der Waals surface area contributed by atoms with E-state index >= 15 is 0 Å². The molecule has 206 valence electrons. The Bertz CT molecular complexity index is 1150. The fraction of sp³-hybridized carbons (Fsp3) is 0.321. The van der Waals surface area contributed by atoms with Gasteiger partial charge in [-0.15, -0.1) is 0 Å². The van der Waals surface area contributed by atoms with Gasteiger partial charge in [0.2, 0.25) is 0 Å². The van der Waals surface area contributed by atoms with Crippen molar-refractivity contribution in [1.82, 2.24) is 19.1 Å². The maximum atomic E-state index is 10.3. The molecular formula is C28H34Cl4N4O2. The van der Waals surface area contributed by atoms with Crippen LogP contribution >= 0.6 is 46.4 Å². The van der Waals surface area contributed by atoms with Crippen molar-refractivity contribution in [2.45, 2.75) is 38.5 Å². The van der Waals surface area contributed by atoms with Crippen molar-refractivity contribution >= 4 is 52.7 Å². The molecule has 10 heteroatoms. The molecule has 0 aliphatic carbocycles. The molecule has 0 spiro atoms. The van der Waals surface area contributed by atoms with E-state index in [-0.39, 0.29) is 12.5 Å². The Morgan fingerprint density at radius 2 is 1.24 bits per heavy atom. The quantitative estimate of drug-likeness (QED) is 0.228. The molecule has 0 saturated carbocycles. The lowest BCUT2D eigenvalue weighted by Crippen LogP contribution is -1.96. The summed E-state index contributed by atoms with van der Waals surface area (Å²) in [5, 5.41) is 11.0. The van der Waals surface area contributed by atoms with Gasteiger partial charge in [-0.2, -0.15) is 0 Å². The number of aliphatic hydroxyl groups excluding tert-OH is 1. The maximum absolute atomic E-state index is 10.3. The Morgan fingerprint density at radius 3 is 1.53 bits per heavy atom. The first kappa shape index (κ1) is 33.7. The molecule has 0 aliphatic heterocycles. The fourth-order valence-corrected chi connectivity index (χ4v) is 3.54. The summed E-state index contributed by atoms with van der Waals surface area (Å²) in [7, 11) is 3.88. The number of carbonyl (C=O) groups is 1. The van der Waals surface area contributed by atoms with Gasteiger partial charge in [0.1, 0.15) is 6.29 Å². The highest BCUT2D eigenvalue weighted by Crippen LogP contribution is 2.28. The van der Waals surface area contributed by atoms with Crippen LogP contribution in [0.15, 0.2) is 73.8 Å². The fourth-order valence-electron chi connectivity index (χ4n) is 2.93. The minimum Gasteiger partial charge on any atom is -0.396 e. The molecule has 0 bridgehead atoms. The van der Waals surface area contributed by atoms with Crippen molar-refractivity contribution in [3.05, 3.63) is 105 Å². The van der Waals surface area contributed by atoms with E-state index in [0.717, 1.165) is 23.8 Å². The predicted octanol–water partition coefficient (Wildman–Crippen LogP) is 8.01. The zero-order chi connectivity index (χ0) is 28.5. The van der Waals surface area contributed by atoms with Crippen LogP contribution in [0.25, 0.3) is 0 Å². The number of imidazole rings is 2. The summed E-state index contributed by atoms with van der Waals surface area (Å²) in [5.74, 6) is 0.520. The van der Waals surface area contributed by atoms with Gasteiger partial charge in [0.15, 0.2) is 0 Å². The number of nitrogens with zero attached hydrogens (tertiary/aromatic N) is 4. The van der Waals surface area contributed by atoms with E-state index in [1.165, 1.54) is 0 Å². The summed E-state index contributed by atoms with van der Waals surface area (Å²) >= 11 is 23.2. The zero-order valence-electron chi connectivity index (χ0n) is 21.9. The molecule has 0 radical (unpaired) electrons. The van der Waals surface area contributed by atoms with Crippen molar-refractivity contribution in [2.75, 3.05) is 6.61 Å². The average molecular weight is 600 g/mol. The van der Waals surface area contributed by atoms with Gasteiger partial charge < -0.3 is 19.0 Å². The summed E-state index contributed by atoms with van der Waals surface area (Å²) in [6.07, 6.45) is 12.9. The molecule has 2 heterocycles. The third kappa shape index (κ3) is 13.4. The molecule has 0 fully saturated rings. The number of hydrogen-bond acceptors (Lipinski definition) is 4. The largest absolute Gasteiger partial charge is 0.396 e. The van der Waals surface area contributed by atoms with Crippen LogP contribution in [0.1, 0.15) is 49.7 Å². The second-order valence-corrected chi connectivity index (χ2v) is 10.1. The molecule has 2 aromatic heterocycles. The summed E-state index contributed by atoms with van der Waals surface area (Å²) in [5.41, 5.74) is 2.16. The van der Waals surface area contributed by atoms with Crippen LogP contribution in [0.4, 0.5) is 0 Å². The topological polar surface area (TPSA) is 72.9 Å². The molecule has 0 amide bonds. The van der Waals surface area contributed by atoms with Crippen molar-refractivity contribution in [3.63, 3.8) is 0 Å². The van der Waals surface area contributed by atoms with E-state index in [1.807, 2.05) is 60.7 Å². The number of aliphatic hydroxyl groups is 1. The summed E-state index contributed by atoms with van der Waals surface area (Å²) in [6.45, 7) is 4.23. The molecule has 1 N–H and O–H groups in total. The molecule has 6 nitrogen and oxygen atoms in total. The highest BCUT2D eigenvalue weighted by molar-refractivity contribution is 6.42. The van der Waals surface area contributed by atoms with E-state index in [9.17, 15) is 4.79 Å². The summed E-state index contributed by atoms with van der Waals surface area (Å²) < 4.78 is 3.78. The first-order valence-corrected chi connectivity index (χ1v) is 13.4. The minimum absolute atomic E-state index is 0.196. The van der Waals surface area contributed by atoms with Gasteiger partial charge in [0.05, 0.1) is 32.7 Å². The number of aldehydes is 1. The lowest BCUT2D eigenvalue weighted by Gasteiger charge is -2.10. The maximum Gasteiger partial charge on any atom is 0.120 e. The highest BCUT2D eigenvalue weighted by atomic mass is 35.5. The van der Waals surface area contributed by atoms with Gasteiger partial charge in [-0.25, -0.2) is 9.97 Å². The van der Waals surface area contributed by atoms with E-state index in [1.54, 1.807) is 43.2 Å². The van der Waals surface area contributed by atoms with Crippen molar-refractivity contribution in [1.29, 1.82) is 0 Å². The van der Waals surface area contributed by atoms with Crippen LogP contribution in [-0.4, -0.2) is 37.1 Å². The number of halogens is 4. The van der Waals surface area contributed by atoms with Crippen LogP contribution in [0.2, 0.25) is 20.1 Å². The average Bonchev–Trinajstić information content (AvgIpc) is 3.57. The second kappa shape index (κ2) is 18.8. The van der Waals surface area contributed by atoms with Gasteiger partial charge >= 0.3 is 0 Å². The highest BCUT2D eigenvalue weighted by Gasteiger charge is 2.07. The lowest BCUT2D eigenvalue weighted by atomic mass is 9.98. The smallest absolute Gasteiger partial charge is 0.120 e. The lowest BCUT2D eigenvalue weighted by molar-refractivity contribution is -0.108. The van der Waals surface area contributed by atoms with E-state index in [0.29, 0.717) is 32.4 Å². The number of hydrogen-bond donors (Lipinski definition) is 1. The molecule has 2 aromatic carbocycles. The number of rotatable bonds is 6. The van der Waals surface area contributed by atoms with Gasteiger partial charge in [0.25, 0.3) is 0 Å².